The van der Waals surface area contributed by atoms with E-state index in [4.69, 9.17) is 9.52 Å². The van der Waals surface area contributed by atoms with Gasteiger partial charge in [-0.05, 0) is 30.9 Å². The molecule has 1 aromatic heterocycles. The lowest BCUT2D eigenvalue weighted by Crippen LogP contribution is -2.38. The van der Waals surface area contributed by atoms with Crippen molar-refractivity contribution in [3.8, 4) is 0 Å². The summed E-state index contributed by atoms with van der Waals surface area (Å²) in [5, 5.41) is 11.5. The minimum absolute atomic E-state index is 0.0368. The average molecular weight is 302 g/mol. The van der Waals surface area contributed by atoms with Crippen LogP contribution in [-0.2, 0) is 10.0 Å². The zero-order valence-electron chi connectivity index (χ0n) is 11.4. The number of amides is 1. The Morgan fingerprint density at radius 2 is 2.10 bits per heavy atom. The third-order valence-corrected chi connectivity index (χ3v) is 4.99. The Hall–Kier alpha value is -1.38. The molecule has 1 amide bonds. The molecule has 0 aliphatic heterocycles. The van der Waals surface area contributed by atoms with Crippen molar-refractivity contribution in [2.45, 2.75) is 24.0 Å². The molecule has 0 saturated heterocycles. The molecule has 20 heavy (non-hydrogen) atoms. The van der Waals surface area contributed by atoms with Gasteiger partial charge < -0.3 is 14.8 Å². The van der Waals surface area contributed by atoms with Crippen LogP contribution in [0.1, 0.15) is 23.4 Å². The maximum Gasteiger partial charge on any atom is 0.287 e. The molecule has 7 nitrogen and oxygen atoms in total. The van der Waals surface area contributed by atoms with Gasteiger partial charge in [0.25, 0.3) is 15.9 Å². The smallest absolute Gasteiger partial charge is 0.287 e. The highest BCUT2D eigenvalue weighted by Gasteiger charge is 2.28. The van der Waals surface area contributed by atoms with Gasteiger partial charge in [-0.25, -0.2) is 12.7 Å². The number of nitrogens with zero attached hydrogens (tertiary/aromatic N) is 1. The van der Waals surface area contributed by atoms with Crippen LogP contribution in [0.25, 0.3) is 0 Å². The van der Waals surface area contributed by atoms with Crippen LogP contribution < -0.4 is 5.32 Å². The molecule has 1 saturated carbocycles. The zero-order chi connectivity index (χ0) is 14.9. The Morgan fingerprint density at radius 1 is 1.45 bits per heavy atom. The first-order valence-corrected chi connectivity index (χ1v) is 7.73. The van der Waals surface area contributed by atoms with Gasteiger partial charge in [0, 0.05) is 20.6 Å². The highest BCUT2D eigenvalue weighted by Crippen LogP contribution is 2.26. The molecule has 1 aromatic rings. The van der Waals surface area contributed by atoms with Crippen molar-refractivity contribution in [2.75, 3.05) is 20.6 Å². The van der Waals surface area contributed by atoms with Crippen LogP contribution in [0.5, 0.6) is 0 Å². The second kappa shape index (κ2) is 5.55. The van der Waals surface area contributed by atoms with E-state index in [9.17, 15) is 13.2 Å². The number of aliphatic hydroxyl groups is 1. The van der Waals surface area contributed by atoms with Gasteiger partial charge in [0.1, 0.15) is 0 Å². The molecule has 0 bridgehead atoms. The van der Waals surface area contributed by atoms with Crippen LogP contribution in [-0.4, -0.2) is 50.5 Å². The highest BCUT2D eigenvalue weighted by molar-refractivity contribution is 7.88. The molecule has 1 fully saturated rings. The second-order valence-corrected chi connectivity index (χ2v) is 7.19. The van der Waals surface area contributed by atoms with E-state index >= 15 is 0 Å². The number of rotatable bonds is 5. The fourth-order valence-electron chi connectivity index (χ4n) is 1.95. The van der Waals surface area contributed by atoms with Gasteiger partial charge in [0.15, 0.2) is 5.76 Å². The Labute approximate surface area is 117 Å². The summed E-state index contributed by atoms with van der Waals surface area (Å²) in [6.07, 6.45) is 1.09. The molecule has 0 radical (unpaired) electrons. The Bertz CT molecular complexity index is 587. The number of sulfonamides is 1. The minimum Gasteiger partial charge on any atom is -0.438 e. The van der Waals surface area contributed by atoms with Crippen LogP contribution in [0.3, 0.4) is 0 Å². The molecule has 8 heteroatoms. The number of hydrogen-bond acceptors (Lipinski definition) is 5. The van der Waals surface area contributed by atoms with Crippen LogP contribution in [0, 0.1) is 5.92 Å². The lowest BCUT2D eigenvalue weighted by atomic mass is 9.82. The first-order valence-electron chi connectivity index (χ1n) is 6.29. The number of carbonyl (C=O) groups is 1. The summed E-state index contributed by atoms with van der Waals surface area (Å²) in [5.41, 5.74) is 0. The van der Waals surface area contributed by atoms with Gasteiger partial charge in [0.05, 0.1) is 6.10 Å². The number of hydrogen-bond donors (Lipinski definition) is 2. The van der Waals surface area contributed by atoms with Crippen LogP contribution >= 0.6 is 0 Å². The number of aliphatic hydroxyl groups excluding tert-OH is 1. The van der Waals surface area contributed by atoms with E-state index in [0.717, 1.165) is 4.31 Å². The minimum atomic E-state index is -3.67. The van der Waals surface area contributed by atoms with Gasteiger partial charge in [-0.1, -0.05) is 0 Å². The molecule has 112 valence electrons. The fraction of sp³-hybridized carbons (Fsp3) is 0.583. The van der Waals surface area contributed by atoms with Crippen LogP contribution in [0.4, 0.5) is 0 Å². The highest BCUT2D eigenvalue weighted by atomic mass is 32.2. The first-order chi connectivity index (χ1) is 9.30. The summed E-state index contributed by atoms with van der Waals surface area (Å²) < 4.78 is 29.7. The zero-order valence-corrected chi connectivity index (χ0v) is 12.2. The van der Waals surface area contributed by atoms with E-state index in [0.29, 0.717) is 19.4 Å². The maximum absolute atomic E-state index is 11.8. The normalized spacial score (nSPS) is 22.6. The molecule has 2 rings (SSSR count). The fourth-order valence-corrected chi connectivity index (χ4v) is 2.75. The average Bonchev–Trinajstić information content (AvgIpc) is 2.82. The molecule has 1 aliphatic carbocycles. The molecule has 0 atom stereocenters. The van der Waals surface area contributed by atoms with Crippen LogP contribution in [0.2, 0.25) is 0 Å². The predicted octanol–water partition coefficient (Wildman–Crippen LogP) is 0.0306. The Kier molecular flexibility index (Phi) is 4.17. The second-order valence-electron chi connectivity index (χ2n) is 5.11. The van der Waals surface area contributed by atoms with Crippen molar-refractivity contribution in [1.29, 1.82) is 0 Å². The topological polar surface area (TPSA) is 99.9 Å². The monoisotopic (exact) mass is 302 g/mol. The van der Waals surface area contributed by atoms with Crippen molar-refractivity contribution >= 4 is 15.9 Å². The van der Waals surface area contributed by atoms with Crippen molar-refractivity contribution in [3.05, 3.63) is 17.9 Å². The molecular formula is C12H18N2O5S. The Morgan fingerprint density at radius 3 is 2.65 bits per heavy atom. The van der Waals surface area contributed by atoms with Crippen molar-refractivity contribution in [3.63, 3.8) is 0 Å². The molecule has 0 unspecified atom stereocenters. The van der Waals surface area contributed by atoms with Gasteiger partial charge in [-0.15, -0.1) is 0 Å². The van der Waals surface area contributed by atoms with Crippen molar-refractivity contribution in [2.24, 2.45) is 5.92 Å². The SMILES string of the molecule is CN(C)S(=O)(=O)c1ccc(C(=O)NCC2CC(O)C2)o1. The summed E-state index contributed by atoms with van der Waals surface area (Å²) in [6.45, 7) is 0.451. The number of furan rings is 1. The predicted molar refractivity (Wildman–Crippen MR) is 70.6 cm³/mol. The van der Waals surface area contributed by atoms with Gasteiger partial charge in [0.2, 0.25) is 5.09 Å². The van der Waals surface area contributed by atoms with E-state index in [1.807, 2.05) is 0 Å². The standard InChI is InChI=1S/C12H18N2O5S/c1-14(2)20(17,18)11-4-3-10(19-11)12(16)13-7-8-5-9(15)6-8/h3-4,8-9,15H,5-7H2,1-2H3,(H,13,16). The summed E-state index contributed by atoms with van der Waals surface area (Å²) >= 11 is 0. The summed E-state index contributed by atoms with van der Waals surface area (Å²) in [5.74, 6) is -0.217. The summed E-state index contributed by atoms with van der Waals surface area (Å²) in [4.78, 5) is 11.8. The Balaban J connectivity index is 1.96. The molecule has 1 heterocycles. The maximum atomic E-state index is 11.8. The van der Waals surface area contributed by atoms with Crippen LogP contribution in [0.15, 0.2) is 21.6 Å². The number of carbonyl (C=O) groups excluding carboxylic acids is 1. The van der Waals surface area contributed by atoms with Crippen molar-refractivity contribution < 1.29 is 22.7 Å². The largest absolute Gasteiger partial charge is 0.438 e. The van der Waals surface area contributed by atoms with E-state index in [1.54, 1.807) is 0 Å². The van der Waals surface area contributed by atoms with Gasteiger partial charge >= 0.3 is 0 Å². The number of nitrogens with one attached hydrogen (secondary N) is 1. The summed E-state index contributed by atoms with van der Waals surface area (Å²) in [6, 6.07) is 2.60. The lowest BCUT2D eigenvalue weighted by Gasteiger charge is -2.31. The van der Waals surface area contributed by atoms with E-state index in [2.05, 4.69) is 5.32 Å². The van der Waals surface area contributed by atoms with E-state index in [-0.39, 0.29) is 22.9 Å². The molecular weight excluding hydrogens is 284 g/mol. The third-order valence-electron chi connectivity index (χ3n) is 3.30. The van der Waals surface area contributed by atoms with Gasteiger partial charge in [-0.3, -0.25) is 4.79 Å². The molecule has 0 aromatic carbocycles. The first kappa shape index (κ1) is 15.0. The van der Waals surface area contributed by atoms with Gasteiger partial charge in [-0.2, -0.15) is 0 Å². The quantitative estimate of drug-likeness (QED) is 0.799. The summed E-state index contributed by atoms with van der Waals surface area (Å²) in [7, 11) is -0.891. The van der Waals surface area contributed by atoms with E-state index in [1.165, 1.54) is 26.2 Å². The third kappa shape index (κ3) is 3.02. The molecule has 2 N–H and O–H groups in total. The van der Waals surface area contributed by atoms with E-state index < -0.39 is 15.9 Å². The molecule has 0 spiro atoms. The van der Waals surface area contributed by atoms with Crippen molar-refractivity contribution in [1.82, 2.24) is 9.62 Å². The lowest BCUT2D eigenvalue weighted by molar-refractivity contribution is 0.0417. The molecule has 1 aliphatic rings.